The zero-order valence-electron chi connectivity index (χ0n) is 11.2. The van der Waals surface area contributed by atoms with Gasteiger partial charge in [-0.15, -0.1) is 0 Å². The van der Waals surface area contributed by atoms with Gasteiger partial charge < -0.3 is 10.4 Å². The van der Waals surface area contributed by atoms with Crippen molar-refractivity contribution < 1.29 is 9.90 Å². The zero-order valence-corrected chi connectivity index (χ0v) is 11.2. The Bertz CT molecular complexity index is 608. The summed E-state index contributed by atoms with van der Waals surface area (Å²) in [6, 6.07) is 7.87. The number of benzene rings is 1. The van der Waals surface area contributed by atoms with Gasteiger partial charge in [-0.25, -0.2) is 0 Å². The highest BCUT2D eigenvalue weighted by atomic mass is 16.3. The van der Waals surface area contributed by atoms with Gasteiger partial charge in [0.1, 0.15) is 0 Å². The Balaban J connectivity index is 2.32. The molecule has 0 saturated heterocycles. The van der Waals surface area contributed by atoms with Crippen LogP contribution in [0, 0.1) is 13.8 Å². The molecule has 100 valence electrons. The normalized spacial score (nSPS) is 10.7. The Morgan fingerprint density at radius 2 is 2.11 bits per heavy atom. The van der Waals surface area contributed by atoms with Gasteiger partial charge in [0.15, 0.2) is 0 Å². The van der Waals surface area contributed by atoms with Gasteiger partial charge in [0.2, 0.25) is 0 Å². The average Bonchev–Trinajstić information content (AvgIpc) is 2.38. The van der Waals surface area contributed by atoms with Crippen molar-refractivity contribution in [2.24, 2.45) is 0 Å². The largest absolute Gasteiger partial charge is 0.396 e. The quantitative estimate of drug-likeness (QED) is 0.824. The van der Waals surface area contributed by atoms with Crippen molar-refractivity contribution in [3.8, 4) is 0 Å². The molecule has 0 radical (unpaired) electrons. The summed E-state index contributed by atoms with van der Waals surface area (Å²) < 4.78 is 0. The van der Waals surface area contributed by atoms with Crippen LogP contribution in [0.2, 0.25) is 0 Å². The summed E-state index contributed by atoms with van der Waals surface area (Å²) in [5, 5.41) is 12.5. The molecule has 0 spiro atoms. The molecule has 0 aliphatic carbocycles. The molecule has 2 N–H and O–H groups in total. The number of carbonyl (C=O) groups excluding carboxylic acids is 1. The predicted octanol–water partition coefficient (Wildman–Crippen LogP) is 1.96. The van der Waals surface area contributed by atoms with Crippen LogP contribution >= 0.6 is 0 Å². The Labute approximate surface area is 112 Å². The van der Waals surface area contributed by atoms with E-state index in [4.69, 9.17) is 5.11 Å². The van der Waals surface area contributed by atoms with Crippen LogP contribution in [0.25, 0.3) is 10.9 Å². The van der Waals surface area contributed by atoms with Crippen LogP contribution in [0.4, 0.5) is 0 Å². The van der Waals surface area contributed by atoms with Crippen molar-refractivity contribution in [2.45, 2.75) is 20.3 Å². The molecule has 0 aliphatic rings. The summed E-state index contributed by atoms with van der Waals surface area (Å²) in [5.41, 5.74) is 3.36. The highest BCUT2D eigenvalue weighted by Gasteiger charge is 2.11. The molecule has 0 fully saturated rings. The first-order valence-corrected chi connectivity index (χ1v) is 6.39. The van der Waals surface area contributed by atoms with E-state index >= 15 is 0 Å². The number of hydrogen-bond acceptors (Lipinski definition) is 3. The second-order valence-corrected chi connectivity index (χ2v) is 4.65. The van der Waals surface area contributed by atoms with Gasteiger partial charge >= 0.3 is 0 Å². The number of aliphatic hydroxyl groups is 1. The van der Waals surface area contributed by atoms with E-state index in [1.54, 1.807) is 0 Å². The van der Waals surface area contributed by atoms with Crippen LogP contribution in [0.5, 0.6) is 0 Å². The number of rotatable bonds is 4. The summed E-state index contributed by atoms with van der Waals surface area (Å²) >= 11 is 0. The van der Waals surface area contributed by atoms with Gasteiger partial charge in [-0.2, -0.15) is 0 Å². The molecular formula is C15H18N2O2. The molecule has 0 atom stereocenters. The number of aliphatic hydroxyl groups excluding tert-OH is 1. The lowest BCUT2D eigenvalue weighted by Crippen LogP contribution is -2.26. The van der Waals surface area contributed by atoms with E-state index in [0.29, 0.717) is 18.5 Å². The van der Waals surface area contributed by atoms with E-state index < -0.39 is 0 Å². The van der Waals surface area contributed by atoms with Crippen LogP contribution in [-0.2, 0) is 0 Å². The van der Waals surface area contributed by atoms with Crippen LogP contribution in [0.1, 0.15) is 28.0 Å². The highest BCUT2D eigenvalue weighted by Crippen LogP contribution is 2.18. The van der Waals surface area contributed by atoms with E-state index in [9.17, 15) is 4.79 Å². The molecule has 1 aromatic carbocycles. The molecule has 1 aromatic heterocycles. The summed E-state index contributed by atoms with van der Waals surface area (Å²) in [7, 11) is 0. The van der Waals surface area contributed by atoms with Gasteiger partial charge in [-0.05, 0) is 38.5 Å². The average molecular weight is 258 g/mol. The molecule has 0 saturated carbocycles. The minimum absolute atomic E-state index is 0.0778. The third-order valence-electron chi connectivity index (χ3n) is 3.03. The van der Waals surface area contributed by atoms with Crippen molar-refractivity contribution in [3.05, 3.63) is 41.1 Å². The van der Waals surface area contributed by atoms with E-state index in [0.717, 1.165) is 22.2 Å². The fraction of sp³-hybridized carbons (Fsp3) is 0.333. The maximum atomic E-state index is 12.0. The van der Waals surface area contributed by atoms with Gasteiger partial charge in [-0.3, -0.25) is 9.78 Å². The molecule has 0 unspecified atom stereocenters. The zero-order chi connectivity index (χ0) is 13.8. The predicted molar refractivity (Wildman–Crippen MR) is 75.3 cm³/mol. The molecular weight excluding hydrogens is 240 g/mol. The maximum Gasteiger partial charge on any atom is 0.253 e. The van der Waals surface area contributed by atoms with Gasteiger partial charge in [0, 0.05) is 18.5 Å². The molecule has 4 heteroatoms. The number of aromatic nitrogens is 1. The third-order valence-corrected chi connectivity index (χ3v) is 3.03. The monoisotopic (exact) mass is 258 g/mol. The molecule has 1 amide bonds. The summed E-state index contributed by atoms with van der Waals surface area (Å²) in [5.74, 6) is -0.137. The van der Waals surface area contributed by atoms with E-state index in [1.807, 2.05) is 38.1 Å². The number of amides is 1. The van der Waals surface area contributed by atoms with E-state index in [2.05, 4.69) is 10.3 Å². The SMILES string of the molecule is Cc1ccc2nc(C)c(C(=O)NCCCO)cc2c1. The van der Waals surface area contributed by atoms with E-state index in [1.165, 1.54) is 0 Å². The summed E-state index contributed by atoms with van der Waals surface area (Å²) in [4.78, 5) is 16.5. The lowest BCUT2D eigenvalue weighted by Gasteiger charge is -2.08. The second-order valence-electron chi connectivity index (χ2n) is 4.65. The standard InChI is InChI=1S/C15H18N2O2/c1-10-4-5-14-12(8-10)9-13(11(2)17-14)15(19)16-6-3-7-18/h4-5,8-9,18H,3,6-7H2,1-2H3,(H,16,19). The minimum atomic E-state index is -0.137. The molecule has 19 heavy (non-hydrogen) atoms. The Morgan fingerprint density at radius 1 is 1.32 bits per heavy atom. The molecule has 2 rings (SSSR count). The number of hydrogen-bond donors (Lipinski definition) is 2. The van der Waals surface area contributed by atoms with Gasteiger partial charge in [-0.1, -0.05) is 11.6 Å². The molecule has 4 nitrogen and oxygen atoms in total. The van der Waals surface area contributed by atoms with Crippen LogP contribution in [-0.4, -0.2) is 29.1 Å². The lowest BCUT2D eigenvalue weighted by molar-refractivity contribution is 0.0950. The highest BCUT2D eigenvalue weighted by molar-refractivity contribution is 5.98. The Hall–Kier alpha value is -1.94. The van der Waals surface area contributed by atoms with E-state index in [-0.39, 0.29) is 12.5 Å². The van der Waals surface area contributed by atoms with Crippen molar-refractivity contribution >= 4 is 16.8 Å². The first-order valence-electron chi connectivity index (χ1n) is 6.39. The molecule has 0 bridgehead atoms. The smallest absolute Gasteiger partial charge is 0.253 e. The van der Waals surface area contributed by atoms with Crippen LogP contribution < -0.4 is 5.32 Å². The number of fused-ring (bicyclic) bond motifs is 1. The number of aryl methyl sites for hydroxylation is 2. The number of nitrogens with zero attached hydrogens (tertiary/aromatic N) is 1. The fourth-order valence-corrected chi connectivity index (χ4v) is 2.00. The van der Waals surface area contributed by atoms with Crippen LogP contribution in [0.3, 0.4) is 0 Å². The fourth-order valence-electron chi connectivity index (χ4n) is 2.00. The molecule has 1 heterocycles. The second kappa shape index (κ2) is 5.80. The molecule has 0 aliphatic heterocycles. The van der Waals surface area contributed by atoms with Crippen molar-refractivity contribution in [1.82, 2.24) is 10.3 Å². The van der Waals surface area contributed by atoms with Gasteiger partial charge in [0.05, 0.1) is 16.8 Å². The minimum Gasteiger partial charge on any atom is -0.396 e. The Kier molecular flexibility index (Phi) is 4.12. The van der Waals surface area contributed by atoms with Crippen molar-refractivity contribution in [1.29, 1.82) is 0 Å². The van der Waals surface area contributed by atoms with Crippen molar-refractivity contribution in [3.63, 3.8) is 0 Å². The number of carbonyl (C=O) groups is 1. The first-order chi connectivity index (χ1) is 9.11. The number of pyridine rings is 1. The number of nitrogens with one attached hydrogen (secondary N) is 1. The topological polar surface area (TPSA) is 62.2 Å². The molecule has 2 aromatic rings. The summed E-state index contributed by atoms with van der Waals surface area (Å²) in [6.07, 6.45) is 0.560. The maximum absolute atomic E-state index is 12.0. The Morgan fingerprint density at radius 3 is 2.84 bits per heavy atom. The lowest BCUT2D eigenvalue weighted by atomic mass is 10.1. The third kappa shape index (κ3) is 3.09. The summed E-state index contributed by atoms with van der Waals surface area (Å²) in [6.45, 7) is 4.40. The van der Waals surface area contributed by atoms with Crippen LogP contribution in [0.15, 0.2) is 24.3 Å². The van der Waals surface area contributed by atoms with Gasteiger partial charge in [0.25, 0.3) is 5.91 Å². The van der Waals surface area contributed by atoms with Crippen molar-refractivity contribution in [2.75, 3.05) is 13.2 Å². The first kappa shape index (κ1) is 13.5.